The Labute approximate surface area is 163 Å². The lowest BCUT2D eigenvalue weighted by molar-refractivity contribution is -0.899. The first-order valence-corrected chi connectivity index (χ1v) is 9.71. The summed E-state index contributed by atoms with van der Waals surface area (Å²) in [6, 6.07) is 14.6. The van der Waals surface area contributed by atoms with E-state index < -0.39 is 5.79 Å². The third-order valence-corrected chi connectivity index (χ3v) is 5.82. The van der Waals surface area contributed by atoms with Crippen LogP contribution in [0.3, 0.4) is 0 Å². The van der Waals surface area contributed by atoms with Gasteiger partial charge in [0.1, 0.15) is 5.82 Å². The molecule has 5 rings (SSSR count). The minimum atomic E-state index is -1.27. The van der Waals surface area contributed by atoms with Crippen molar-refractivity contribution in [3.8, 4) is 0 Å². The van der Waals surface area contributed by atoms with Crippen LogP contribution in [-0.2, 0) is 20.1 Å². The number of nitrogens with zero attached hydrogens (tertiary/aromatic N) is 2. The molecule has 0 radical (unpaired) electrons. The molecule has 1 spiro atoms. The van der Waals surface area contributed by atoms with Gasteiger partial charge in [-0.2, -0.15) is 0 Å². The summed E-state index contributed by atoms with van der Waals surface area (Å²) in [5.41, 5.74) is 2.30. The smallest absolute Gasteiger partial charge is 0.296 e. The van der Waals surface area contributed by atoms with Crippen LogP contribution in [0, 0.1) is 5.82 Å². The van der Waals surface area contributed by atoms with Gasteiger partial charge in [0.15, 0.2) is 6.67 Å². The molecule has 3 heterocycles. The molecule has 2 saturated heterocycles. The summed E-state index contributed by atoms with van der Waals surface area (Å²) >= 11 is 0. The zero-order valence-electron chi connectivity index (χ0n) is 15.6. The Kier molecular flexibility index (Phi) is 4.30. The van der Waals surface area contributed by atoms with Gasteiger partial charge in [-0.05, 0) is 18.2 Å². The highest BCUT2D eigenvalue weighted by Crippen LogP contribution is 2.45. The normalized spacial score (nSPS) is 21.5. The zero-order chi connectivity index (χ0) is 19.1. The number of anilines is 2. The molecule has 0 atom stereocenters. The lowest BCUT2D eigenvalue weighted by atomic mass is 10.1. The maximum absolute atomic E-state index is 14.1. The average molecular weight is 384 g/mol. The molecule has 6 nitrogen and oxygen atoms in total. The highest BCUT2D eigenvalue weighted by molar-refractivity contribution is 6.06. The number of quaternary nitrogens is 1. The van der Waals surface area contributed by atoms with Crippen molar-refractivity contribution >= 4 is 17.3 Å². The Morgan fingerprint density at radius 1 is 0.964 bits per heavy atom. The number of piperazine rings is 1. The number of hydrogen-bond acceptors (Lipinski definition) is 4. The van der Waals surface area contributed by atoms with Crippen molar-refractivity contribution in [1.29, 1.82) is 0 Å². The Hall–Kier alpha value is -2.48. The molecule has 1 amide bonds. The standard InChI is InChI=1S/C21H22FN3O3/c22-17-6-2-4-8-19(17)24-11-9-23(10-12-24)15-25-18-7-3-1-5-16(18)21(20(25)26)27-13-14-28-21/h1-8H,9-15H2/p+1. The second-order valence-electron chi connectivity index (χ2n) is 7.41. The summed E-state index contributed by atoms with van der Waals surface area (Å²) in [7, 11) is 0. The molecule has 7 heteroatoms. The van der Waals surface area contributed by atoms with Crippen LogP contribution in [0.5, 0.6) is 0 Å². The topological polar surface area (TPSA) is 46.5 Å². The van der Waals surface area contributed by atoms with Crippen molar-refractivity contribution in [3.63, 3.8) is 0 Å². The predicted molar refractivity (Wildman–Crippen MR) is 102 cm³/mol. The maximum atomic E-state index is 14.1. The van der Waals surface area contributed by atoms with Gasteiger partial charge in [0.2, 0.25) is 0 Å². The van der Waals surface area contributed by atoms with Crippen LogP contribution in [0.4, 0.5) is 15.8 Å². The molecule has 2 aromatic carbocycles. The number of carbonyl (C=O) groups excluding carboxylic acids is 1. The molecule has 2 aromatic rings. The third-order valence-electron chi connectivity index (χ3n) is 5.82. The summed E-state index contributed by atoms with van der Waals surface area (Å²) in [6.45, 7) is 4.54. The summed E-state index contributed by atoms with van der Waals surface area (Å²) in [6.07, 6.45) is 0. The van der Waals surface area contributed by atoms with Gasteiger partial charge in [0.05, 0.1) is 50.8 Å². The van der Waals surface area contributed by atoms with Crippen molar-refractivity contribution in [2.24, 2.45) is 0 Å². The molecular weight excluding hydrogens is 361 g/mol. The van der Waals surface area contributed by atoms with E-state index in [4.69, 9.17) is 9.47 Å². The number of benzene rings is 2. The summed E-state index contributed by atoms with van der Waals surface area (Å²) in [5, 5.41) is 0. The largest absolute Gasteiger partial charge is 0.358 e. The molecule has 0 aromatic heterocycles. The minimum Gasteiger partial charge on any atom is -0.358 e. The first kappa shape index (κ1) is 17.6. The van der Waals surface area contributed by atoms with Gasteiger partial charge in [-0.3, -0.25) is 9.69 Å². The van der Waals surface area contributed by atoms with E-state index in [-0.39, 0.29) is 11.7 Å². The zero-order valence-corrected chi connectivity index (χ0v) is 15.6. The molecule has 3 aliphatic rings. The van der Waals surface area contributed by atoms with Gasteiger partial charge in [-0.1, -0.05) is 30.3 Å². The molecule has 0 saturated carbocycles. The number of rotatable bonds is 3. The van der Waals surface area contributed by atoms with Crippen LogP contribution in [0.2, 0.25) is 0 Å². The predicted octanol–water partition coefficient (Wildman–Crippen LogP) is 0.735. The monoisotopic (exact) mass is 384 g/mol. The number of fused-ring (bicyclic) bond motifs is 2. The van der Waals surface area contributed by atoms with Gasteiger partial charge in [0.25, 0.3) is 11.7 Å². The summed E-state index contributed by atoms with van der Waals surface area (Å²) in [5.74, 6) is -1.60. The van der Waals surface area contributed by atoms with Crippen molar-refractivity contribution in [1.82, 2.24) is 0 Å². The van der Waals surface area contributed by atoms with Gasteiger partial charge in [0, 0.05) is 5.56 Å². The van der Waals surface area contributed by atoms with Crippen molar-refractivity contribution in [2.75, 3.05) is 55.9 Å². The van der Waals surface area contributed by atoms with E-state index in [0.29, 0.717) is 25.6 Å². The lowest BCUT2D eigenvalue weighted by Crippen LogP contribution is -3.16. The van der Waals surface area contributed by atoms with E-state index in [2.05, 4.69) is 4.90 Å². The second kappa shape index (κ2) is 6.84. The molecule has 2 fully saturated rings. The Bertz CT molecular complexity index is 892. The number of ether oxygens (including phenoxy) is 2. The van der Waals surface area contributed by atoms with Crippen LogP contribution < -0.4 is 14.7 Å². The molecule has 0 unspecified atom stereocenters. The second-order valence-corrected chi connectivity index (χ2v) is 7.41. The van der Waals surface area contributed by atoms with E-state index in [9.17, 15) is 9.18 Å². The number of hydrogen-bond donors (Lipinski definition) is 1. The highest BCUT2D eigenvalue weighted by Gasteiger charge is 2.56. The van der Waals surface area contributed by atoms with E-state index in [1.165, 1.54) is 11.0 Å². The van der Waals surface area contributed by atoms with Gasteiger partial charge in [-0.25, -0.2) is 4.39 Å². The van der Waals surface area contributed by atoms with E-state index >= 15 is 0 Å². The van der Waals surface area contributed by atoms with Crippen molar-refractivity contribution < 1.29 is 23.6 Å². The lowest BCUT2D eigenvalue weighted by Gasteiger charge is -2.35. The summed E-state index contributed by atoms with van der Waals surface area (Å²) < 4.78 is 25.6. The SMILES string of the molecule is O=C1N(C[NH+]2CCN(c3ccccc3F)CC2)c2ccccc2C12OCCO2. The Morgan fingerprint density at radius 3 is 2.32 bits per heavy atom. The van der Waals surface area contributed by atoms with Crippen LogP contribution >= 0.6 is 0 Å². The number of amides is 1. The van der Waals surface area contributed by atoms with E-state index in [0.717, 1.165) is 37.4 Å². The van der Waals surface area contributed by atoms with Gasteiger partial charge in [-0.15, -0.1) is 0 Å². The molecule has 3 aliphatic heterocycles. The fourth-order valence-electron chi connectivity index (χ4n) is 4.39. The van der Waals surface area contributed by atoms with Crippen LogP contribution in [0.25, 0.3) is 0 Å². The van der Waals surface area contributed by atoms with Crippen molar-refractivity contribution in [2.45, 2.75) is 5.79 Å². The number of halogens is 1. The summed E-state index contributed by atoms with van der Waals surface area (Å²) in [4.78, 5) is 18.3. The fraction of sp³-hybridized carbons (Fsp3) is 0.381. The van der Waals surface area contributed by atoms with E-state index in [1.807, 2.05) is 36.4 Å². The minimum absolute atomic E-state index is 0.143. The molecule has 28 heavy (non-hydrogen) atoms. The average Bonchev–Trinajstić information content (AvgIpc) is 3.31. The first-order valence-electron chi connectivity index (χ1n) is 9.71. The molecule has 1 N–H and O–H groups in total. The van der Waals surface area contributed by atoms with Crippen molar-refractivity contribution in [3.05, 3.63) is 59.9 Å². The molecule has 0 aliphatic carbocycles. The Morgan fingerprint density at radius 2 is 1.61 bits per heavy atom. The molecule has 0 bridgehead atoms. The quantitative estimate of drug-likeness (QED) is 0.848. The number of carbonyl (C=O) groups is 1. The maximum Gasteiger partial charge on any atom is 0.296 e. The van der Waals surface area contributed by atoms with Crippen LogP contribution in [0.1, 0.15) is 5.56 Å². The highest BCUT2D eigenvalue weighted by atomic mass is 19.1. The van der Waals surface area contributed by atoms with Crippen LogP contribution in [-0.4, -0.2) is 52.0 Å². The van der Waals surface area contributed by atoms with Crippen LogP contribution in [0.15, 0.2) is 48.5 Å². The van der Waals surface area contributed by atoms with Gasteiger partial charge < -0.3 is 19.3 Å². The third kappa shape index (κ3) is 2.70. The van der Waals surface area contributed by atoms with Gasteiger partial charge >= 0.3 is 0 Å². The fourth-order valence-corrected chi connectivity index (χ4v) is 4.39. The number of para-hydroxylation sites is 2. The molecule has 146 valence electrons. The number of nitrogens with one attached hydrogen (secondary N) is 1. The molecular formula is C21H23FN3O3+. The van der Waals surface area contributed by atoms with E-state index in [1.54, 1.807) is 11.0 Å². The Balaban J connectivity index is 1.31. The first-order chi connectivity index (χ1) is 13.7.